The van der Waals surface area contributed by atoms with Gasteiger partial charge in [0.2, 0.25) is 0 Å². The number of nitrogens with one attached hydrogen (secondary N) is 1. The van der Waals surface area contributed by atoms with Crippen molar-refractivity contribution >= 4 is 17.4 Å². The van der Waals surface area contributed by atoms with Gasteiger partial charge in [0.25, 0.3) is 0 Å². The molecule has 1 aromatic rings. The topological polar surface area (TPSA) is 12.0 Å². The molecule has 3 rings (SSSR count). The van der Waals surface area contributed by atoms with Crippen LogP contribution in [-0.4, -0.2) is 12.3 Å². The van der Waals surface area contributed by atoms with E-state index < -0.39 is 0 Å². The summed E-state index contributed by atoms with van der Waals surface area (Å²) in [6.07, 6.45) is 7.13. The lowest BCUT2D eigenvalue weighted by atomic mass is 9.75. The van der Waals surface area contributed by atoms with E-state index in [0.29, 0.717) is 5.41 Å². The first-order valence-corrected chi connectivity index (χ1v) is 7.74. The fourth-order valence-electron chi connectivity index (χ4n) is 3.17. The zero-order chi connectivity index (χ0) is 11.7. The van der Waals surface area contributed by atoms with Gasteiger partial charge in [-0.25, -0.2) is 0 Å². The Kier molecular flexibility index (Phi) is 3.08. The molecule has 1 aromatic carbocycles. The van der Waals surface area contributed by atoms with E-state index in [9.17, 15) is 0 Å². The van der Waals surface area contributed by atoms with Crippen molar-refractivity contribution in [3.63, 3.8) is 0 Å². The second-order valence-corrected chi connectivity index (χ2v) is 6.64. The number of aryl methyl sites for hydroxylation is 1. The summed E-state index contributed by atoms with van der Waals surface area (Å²) in [7, 11) is 0. The first kappa shape index (κ1) is 11.5. The number of fused-ring (bicyclic) bond motifs is 1. The van der Waals surface area contributed by atoms with Crippen LogP contribution in [0.3, 0.4) is 0 Å². The van der Waals surface area contributed by atoms with E-state index in [0.717, 1.165) is 0 Å². The Labute approximate surface area is 108 Å². The SMILES string of the molecule is Cc1cccc2c1SCC1(CCCCC1)CN2. The van der Waals surface area contributed by atoms with Crippen LogP contribution in [-0.2, 0) is 0 Å². The fraction of sp³-hybridized carbons (Fsp3) is 0.600. The third-order valence-electron chi connectivity index (χ3n) is 4.30. The number of hydrogen-bond acceptors (Lipinski definition) is 2. The number of rotatable bonds is 0. The Hall–Kier alpha value is -0.630. The van der Waals surface area contributed by atoms with E-state index in [1.54, 1.807) is 0 Å². The van der Waals surface area contributed by atoms with Crippen molar-refractivity contribution in [3.05, 3.63) is 23.8 Å². The predicted molar refractivity (Wildman–Crippen MR) is 75.9 cm³/mol. The largest absolute Gasteiger partial charge is 0.384 e. The highest BCUT2D eigenvalue weighted by Crippen LogP contribution is 2.45. The number of thioether (sulfide) groups is 1. The number of anilines is 1. The quantitative estimate of drug-likeness (QED) is 0.726. The van der Waals surface area contributed by atoms with E-state index in [-0.39, 0.29) is 0 Å². The van der Waals surface area contributed by atoms with Crippen molar-refractivity contribution in [2.24, 2.45) is 5.41 Å². The minimum atomic E-state index is 0.564. The molecule has 0 aromatic heterocycles. The third kappa shape index (κ3) is 2.20. The maximum absolute atomic E-state index is 3.71. The molecule has 1 aliphatic heterocycles. The summed E-state index contributed by atoms with van der Waals surface area (Å²) in [6, 6.07) is 6.63. The minimum Gasteiger partial charge on any atom is -0.384 e. The number of hydrogen-bond donors (Lipinski definition) is 1. The Bertz CT molecular complexity index is 407. The zero-order valence-electron chi connectivity index (χ0n) is 10.6. The lowest BCUT2D eigenvalue weighted by Gasteiger charge is -2.35. The maximum Gasteiger partial charge on any atom is 0.0481 e. The third-order valence-corrected chi connectivity index (χ3v) is 5.89. The van der Waals surface area contributed by atoms with Gasteiger partial charge in [-0.15, -0.1) is 11.8 Å². The monoisotopic (exact) mass is 247 g/mol. The van der Waals surface area contributed by atoms with E-state index in [2.05, 4.69) is 42.2 Å². The molecule has 2 aliphatic rings. The molecular formula is C15H21NS. The van der Waals surface area contributed by atoms with Gasteiger partial charge in [0.1, 0.15) is 0 Å². The number of benzene rings is 1. The summed E-state index contributed by atoms with van der Waals surface area (Å²) in [5, 5.41) is 3.71. The van der Waals surface area contributed by atoms with E-state index in [1.165, 1.54) is 60.5 Å². The lowest BCUT2D eigenvalue weighted by Crippen LogP contribution is -2.33. The Morgan fingerprint density at radius 1 is 1.18 bits per heavy atom. The van der Waals surface area contributed by atoms with Gasteiger partial charge in [-0.2, -0.15) is 0 Å². The van der Waals surface area contributed by atoms with Gasteiger partial charge in [0, 0.05) is 22.9 Å². The molecule has 1 saturated carbocycles. The first-order valence-electron chi connectivity index (χ1n) is 6.75. The van der Waals surface area contributed by atoms with Gasteiger partial charge in [-0.1, -0.05) is 31.4 Å². The normalized spacial score (nSPS) is 22.6. The van der Waals surface area contributed by atoms with Crippen molar-refractivity contribution < 1.29 is 0 Å². The molecule has 0 saturated heterocycles. The first-order chi connectivity index (χ1) is 8.29. The van der Waals surface area contributed by atoms with Crippen LogP contribution in [0.15, 0.2) is 23.1 Å². The van der Waals surface area contributed by atoms with Crippen LogP contribution in [0, 0.1) is 12.3 Å². The van der Waals surface area contributed by atoms with E-state index in [4.69, 9.17) is 0 Å². The highest BCUT2D eigenvalue weighted by atomic mass is 32.2. The van der Waals surface area contributed by atoms with Crippen molar-refractivity contribution in [2.45, 2.75) is 43.9 Å². The van der Waals surface area contributed by atoms with Gasteiger partial charge < -0.3 is 5.32 Å². The van der Waals surface area contributed by atoms with Gasteiger partial charge >= 0.3 is 0 Å². The summed E-state index contributed by atoms with van der Waals surface area (Å²) in [5.41, 5.74) is 3.35. The predicted octanol–water partition coefficient (Wildman–Crippen LogP) is 4.46. The smallest absolute Gasteiger partial charge is 0.0481 e. The minimum absolute atomic E-state index is 0.564. The molecule has 0 bridgehead atoms. The molecule has 0 unspecified atom stereocenters. The molecular weight excluding hydrogens is 226 g/mol. The Morgan fingerprint density at radius 2 is 2.00 bits per heavy atom. The summed E-state index contributed by atoms with van der Waals surface area (Å²) in [5.74, 6) is 1.30. The summed E-state index contributed by atoms with van der Waals surface area (Å²) in [6.45, 7) is 3.41. The molecule has 1 fully saturated rings. The van der Waals surface area contributed by atoms with Crippen LogP contribution in [0.5, 0.6) is 0 Å². The lowest BCUT2D eigenvalue weighted by molar-refractivity contribution is 0.241. The van der Waals surface area contributed by atoms with Crippen molar-refractivity contribution in [1.29, 1.82) is 0 Å². The standard InChI is InChI=1S/C15H21NS/c1-12-6-5-7-13-14(12)17-11-15(10-16-13)8-3-2-4-9-15/h5-7,16H,2-4,8-11H2,1H3. The molecule has 0 radical (unpaired) electrons. The molecule has 1 N–H and O–H groups in total. The molecule has 1 nitrogen and oxygen atoms in total. The molecule has 92 valence electrons. The van der Waals surface area contributed by atoms with Crippen molar-refractivity contribution in [3.8, 4) is 0 Å². The van der Waals surface area contributed by atoms with Crippen LogP contribution in [0.25, 0.3) is 0 Å². The highest BCUT2D eigenvalue weighted by Gasteiger charge is 2.34. The van der Waals surface area contributed by atoms with Gasteiger partial charge in [-0.3, -0.25) is 0 Å². The molecule has 17 heavy (non-hydrogen) atoms. The highest BCUT2D eigenvalue weighted by molar-refractivity contribution is 7.99. The van der Waals surface area contributed by atoms with Crippen LogP contribution in [0.2, 0.25) is 0 Å². The second kappa shape index (κ2) is 4.56. The van der Waals surface area contributed by atoms with Crippen LogP contribution in [0.1, 0.15) is 37.7 Å². The van der Waals surface area contributed by atoms with Gasteiger partial charge in [0.15, 0.2) is 0 Å². The van der Waals surface area contributed by atoms with Crippen LogP contribution in [0.4, 0.5) is 5.69 Å². The molecule has 0 atom stereocenters. The molecule has 0 amide bonds. The van der Waals surface area contributed by atoms with Crippen LogP contribution < -0.4 is 5.32 Å². The molecule has 1 heterocycles. The fourth-order valence-corrected chi connectivity index (χ4v) is 4.60. The average molecular weight is 247 g/mol. The molecule has 1 spiro atoms. The second-order valence-electron chi connectivity index (χ2n) is 5.65. The summed E-state index contributed by atoms with van der Waals surface area (Å²) < 4.78 is 0. The van der Waals surface area contributed by atoms with Crippen molar-refractivity contribution in [1.82, 2.24) is 0 Å². The molecule has 2 heteroatoms. The molecule has 1 aliphatic carbocycles. The Morgan fingerprint density at radius 3 is 2.82 bits per heavy atom. The van der Waals surface area contributed by atoms with Crippen molar-refractivity contribution in [2.75, 3.05) is 17.6 Å². The van der Waals surface area contributed by atoms with E-state index in [1.807, 2.05) is 0 Å². The summed E-state index contributed by atoms with van der Waals surface area (Å²) >= 11 is 2.08. The zero-order valence-corrected chi connectivity index (χ0v) is 11.4. The van der Waals surface area contributed by atoms with Gasteiger partial charge in [0.05, 0.1) is 0 Å². The summed E-state index contributed by atoms with van der Waals surface area (Å²) in [4.78, 5) is 1.48. The maximum atomic E-state index is 3.71. The van der Waals surface area contributed by atoms with Gasteiger partial charge in [-0.05, 0) is 36.8 Å². The van der Waals surface area contributed by atoms with E-state index >= 15 is 0 Å². The average Bonchev–Trinajstić information content (AvgIpc) is 2.53. The Balaban J connectivity index is 1.85. The van der Waals surface area contributed by atoms with Crippen LogP contribution >= 0.6 is 11.8 Å².